The van der Waals surface area contributed by atoms with Crippen LogP contribution in [0, 0.1) is 0 Å². The van der Waals surface area contributed by atoms with Crippen molar-refractivity contribution in [1.29, 1.82) is 0 Å². The van der Waals surface area contributed by atoms with E-state index in [0.29, 0.717) is 30.5 Å². The molecule has 0 radical (unpaired) electrons. The second-order valence-corrected chi connectivity index (χ2v) is 7.92. The van der Waals surface area contributed by atoms with Crippen LogP contribution in [0.5, 0.6) is 0 Å². The smallest absolute Gasteiger partial charge is 0.297 e. The molecule has 0 N–H and O–H groups in total. The molecule has 33 heavy (non-hydrogen) atoms. The third-order valence-corrected chi connectivity index (χ3v) is 5.63. The number of furan rings is 1. The monoisotopic (exact) mass is 442 g/mol. The van der Waals surface area contributed by atoms with Gasteiger partial charge in [-0.25, -0.2) is 4.98 Å². The van der Waals surface area contributed by atoms with E-state index in [4.69, 9.17) is 8.94 Å². The van der Waals surface area contributed by atoms with Gasteiger partial charge in [0.05, 0.1) is 6.33 Å². The van der Waals surface area contributed by atoms with Crippen molar-refractivity contribution < 1.29 is 13.7 Å². The average Bonchev–Trinajstić information content (AvgIpc) is 3.46. The molecule has 3 aromatic heterocycles. The Hall–Kier alpha value is -4.20. The fourth-order valence-corrected chi connectivity index (χ4v) is 3.79. The lowest BCUT2D eigenvalue weighted by Gasteiger charge is -2.17. The van der Waals surface area contributed by atoms with Crippen molar-refractivity contribution in [2.24, 2.45) is 0 Å². The van der Waals surface area contributed by atoms with Gasteiger partial charge in [0.25, 0.3) is 5.56 Å². The minimum atomic E-state index is -0.368. The molecule has 0 saturated carbocycles. The van der Waals surface area contributed by atoms with Crippen molar-refractivity contribution in [3.8, 4) is 11.3 Å². The van der Waals surface area contributed by atoms with Gasteiger partial charge in [0, 0.05) is 37.0 Å². The Morgan fingerprint density at radius 3 is 2.73 bits per heavy atom. The zero-order valence-corrected chi connectivity index (χ0v) is 18.1. The van der Waals surface area contributed by atoms with Crippen LogP contribution in [0.15, 0.2) is 80.7 Å². The summed E-state index contributed by atoms with van der Waals surface area (Å²) in [5.74, 6) is 0.586. The molecule has 0 aliphatic heterocycles. The van der Waals surface area contributed by atoms with Gasteiger partial charge in [-0.15, -0.1) is 0 Å². The highest BCUT2D eigenvalue weighted by atomic mass is 16.5. The second kappa shape index (κ2) is 8.74. The van der Waals surface area contributed by atoms with Gasteiger partial charge in [-0.05, 0) is 18.6 Å². The summed E-state index contributed by atoms with van der Waals surface area (Å²) in [4.78, 5) is 31.4. The van der Waals surface area contributed by atoms with Gasteiger partial charge in [-0.3, -0.25) is 14.2 Å². The summed E-state index contributed by atoms with van der Waals surface area (Å²) in [5, 5.41) is 4.90. The molecule has 0 fully saturated rings. The van der Waals surface area contributed by atoms with Crippen LogP contribution >= 0.6 is 0 Å². The van der Waals surface area contributed by atoms with Crippen molar-refractivity contribution in [3.63, 3.8) is 0 Å². The van der Waals surface area contributed by atoms with E-state index < -0.39 is 0 Å². The number of hydrogen-bond donors (Lipinski definition) is 0. The summed E-state index contributed by atoms with van der Waals surface area (Å²) in [6.45, 7) is 0.422. The molecular formula is C25H22N4O4. The average molecular weight is 442 g/mol. The van der Waals surface area contributed by atoms with Crippen LogP contribution in [0.3, 0.4) is 0 Å². The largest absolute Gasteiger partial charge is 0.448 e. The Morgan fingerprint density at radius 2 is 1.88 bits per heavy atom. The number of amides is 1. The van der Waals surface area contributed by atoms with E-state index in [1.54, 1.807) is 18.0 Å². The lowest BCUT2D eigenvalue weighted by molar-refractivity contribution is -0.130. The number of aryl methyl sites for hydroxylation is 1. The number of carbonyl (C=O) groups excluding carboxylic acids is 1. The standard InChI is InChI=1S/C25H22N4O4/c1-28(13-7-10-18-14-20(27-33-18)17-8-3-2-4-9-17)22(30)15-29-16-26-23-19-11-5-6-12-21(19)32-24(23)25(29)31/h2-6,8-9,11-12,14,16H,7,10,13,15H2,1H3. The number of likely N-dealkylation sites (N-methyl/N-ethyl adjacent to an activating group) is 1. The first-order valence-corrected chi connectivity index (χ1v) is 10.7. The summed E-state index contributed by atoms with van der Waals surface area (Å²) in [6.07, 6.45) is 2.77. The highest BCUT2D eigenvalue weighted by Gasteiger charge is 2.16. The lowest BCUT2D eigenvalue weighted by Crippen LogP contribution is -2.34. The molecule has 0 aliphatic carbocycles. The van der Waals surface area contributed by atoms with Gasteiger partial charge in [-0.1, -0.05) is 47.6 Å². The highest BCUT2D eigenvalue weighted by molar-refractivity contribution is 6.01. The number of benzene rings is 2. The normalized spacial score (nSPS) is 11.3. The predicted octanol–water partition coefficient (Wildman–Crippen LogP) is 3.89. The molecule has 166 valence electrons. The predicted molar refractivity (Wildman–Crippen MR) is 124 cm³/mol. The fourth-order valence-electron chi connectivity index (χ4n) is 3.79. The Bertz CT molecular complexity index is 1480. The zero-order valence-electron chi connectivity index (χ0n) is 18.1. The molecule has 5 rings (SSSR count). The molecule has 1 amide bonds. The molecular weight excluding hydrogens is 420 g/mol. The van der Waals surface area contributed by atoms with E-state index in [9.17, 15) is 9.59 Å². The molecule has 5 aromatic rings. The van der Waals surface area contributed by atoms with Gasteiger partial charge >= 0.3 is 0 Å². The SMILES string of the molecule is CN(CCCc1cc(-c2ccccc2)no1)C(=O)Cn1cnc2c(oc3ccccc32)c1=O. The summed E-state index contributed by atoms with van der Waals surface area (Å²) in [6, 6.07) is 19.1. The highest BCUT2D eigenvalue weighted by Crippen LogP contribution is 2.24. The molecule has 0 spiro atoms. The van der Waals surface area contributed by atoms with E-state index in [2.05, 4.69) is 10.1 Å². The molecule has 8 nitrogen and oxygen atoms in total. The minimum Gasteiger partial charge on any atom is -0.448 e. The van der Waals surface area contributed by atoms with Gasteiger partial charge in [-0.2, -0.15) is 0 Å². The van der Waals surface area contributed by atoms with Crippen LogP contribution in [0.1, 0.15) is 12.2 Å². The first kappa shape index (κ1) is 20.7. The summed E-state index contributed by atoms with van der Waals surface area (Å²) < 4.78 is 12.4. The van der Waals surface area contributed by atoms with Gasteiger partial charge < -0.3 is 13.8 Å². The van der Waals surface area contributed by atoms with Gasteiger partial charge in [0.15, 0.2) is 0 Å². The van der Waals surface area contributed by atoms with Crippen LogP contribution in [0.4, 0.5) is 0 Å². The maximum absolute atomic E-state index is 12.8. The first-order chi connectivity index (χ1) is 16.1. The molecule has 8 heteroatoms. The van der Waals surface area contributed by atoms with Crippen LogP contribution < -0.4 is 5.56 Å². The van der Waals surface area contributed by atoms with E-state index in [0.717, 1.165) is 22.4 Å². The molecule has 2 aromatic carbocycles. The number of hydrogen-bond acceptors (Lipinski definition) is 6. The first-order valence-electron chi connectivity index (χ1n) is 10.7. The summed E-state index contributed by atoms with van der Waals surface area (Å²) >= 11 is 0. The molecule has 0 aliphatic rings. The number of aromatic nitrogens is 3. The quantitative estimate of drug-likeness (QED) is 0.380. The van der Waals surface area contributed by atoms with E-state index in [-0.39, 0.29) is 23.6 Å². The van der Waals surface area contributed by atoms with E-state index >= 15 is 0 Å². The molecule has 0 unspecified atom stereocenters. The number of carbonyl (C=O) groups is 1. The molecule has 0 atom stereocenters. The summed E-state index contributed by atoms with van der Waals surface area (Å²) in [5.41, 5.74) is 2.70. The Labute approximate surface area is 189 Å². The maximum atomic E-state index is 12.8. The van der Waals surface area contributed by atoms with Gasteiger partial charge in [0.1, 0.15) is 29.1 Å². The minimum absolute atomic E-state index is 0.101. The van der Waals surface area contributed by atoms with Gasteiger partial charge in [0.2, 0.25) is 11.5 Å². The van der Waals surface area contributed by atoms with Crippen molar-refractivity contribution >= 4 is 28.0 Å². The zero-order chi connectivity index (χ0) is 22.8. The number of rotatable bonds is 7. The lowest BCUT2D eigenvalue weighted by atomic mass is 10.1. The van der Waals surface area contributed by atoms with E-state index in [1.807, 2.05) is 54.6 Å². The maximum Gasteiger partial charge on any atom is 0.297 e. The summed E-state index contributed by atoms with van der Waals surface area (Å²) in [7, 11) is 1.72. The fraction of sp³-hybridized carbons (Fsp3) is 0.200. The third kappa shape index (κ3) is 4.15. The Balaban J connectivity index is 1.20. The van der Waals surface area contributed by atoms with Crippen molar-refractivity contribution in [2.75, 3.05) is 13.6 Å². The number of nitrogens with zero attached hydrogens (tertiary/aromatic N) is 4. The Morgan fingerprint density at radius 1 is 1.09 bits per heavy atom. The molecule has 0 bridgehead atoms. The van der Waals surface area contributed by atoms with Crippen molar-refractivity contribution in [3.05, 3.63) is 83.1 Å². The van der Waals surface area contributed by atoms with Crippen LogP contribution in [-0.2, 0) is 17.8 Å². The number of fused-ring (bicyclic) bond motifs is 3. The van der Waals surface area contributed by atoms with Crippen LogP contribution in [-0.4, -0.2) is 39.1 Å². The third-order valence-electron chi connectivity index (χ3n) is 5.63. The van der Waals surface area contributed by atoms with Crippen molar-refractivity contribution in [1.82, 2.24) is 19.6 Å². The van der Waals surface area contributed by atoms with Crippen LogP contribution in [0.25, 0.3) is 33.3 Å². The molecule has 0 saturated heterocycles. The Kier molecular flexibility index (Phi) is 5.48. The number of para-hydroxylation sites is 1. The van der Waals surface area contributed by atoms with E-state index in [1.165, 1.54) is 10.9 Å². The van der Waals surface area contributed by atoms with Crippen molar-refractivity contribution in [2.45, 2.75) is 19.4 Å². The topological polar surface area (TPSA) is 94.4 Å². The van der Waals surface area contributed by atoms with Crippen LogP contribution in [0.2, 0.25) is 0 Å². The molecule has 3 heterocycles. The second-order valence-electron chi connectivity index (χ2n) is 7.92.